The molecule has 136 valence electrons. The molecular formula is C15H30Cl2N4O2. The Morgan fingerprint density at radius 1 is 0.913 bits per heavy atom. The second-order valence-electron chi connectivity index (χ2n) is 6.34. The van der Waals surface area contributed by atoms with E-state index in [2.05, 4.69) is 4.90 Å². The van der Waals surface area contributed by atoms with Crippen LogP contribution >= 0.6 is 24.8 Å². The van der Waals surface area contributed by atoms with Crippen LogP contribution in [0.25, 0.3) is 0 Å². The summed E-state index contributed by atoms with van der Waals surface area (Å²) in [6.07, 6.45) is 2.26. The number of rotatable bonds is 4. The zero-order chi connectivity index (χ0) is 15.4. The maximum Gasteiger partial charge on any atom is 0.236 e. The summed E-state index contributed by atoms with van der Waals surface area (Å²) in [6, 6.07) is -0.118. The summed E-state index contributed by atoms with van der Waals surface area (Å²) in [5, 5.41) is 0. The predicted octanol–water partition coefficient (Wildman–Crippen LogP) is 0.580. The quantitative estimate of drug-likeness (QED) is 0.787. The largest absolute Gasteiger partial charge is 0.342 e. The van der Waals surface area contributed by atoms with E-state index in [0.29, 0.717) is 19.6 Å². The second-order valence-corrected chi connectivity index (χ2v) is 6.34. The Morgan fingerprint density at radius 3 is 1.91 bits per heavy atom. The van der Waals surface area contributed by atoms with Gasteiger partial charge in [0, 0.05) is 45.3 Å². The minimum atomic E-state index is -0.136. The zero-order valence-electron chi connectivity index (χ0n) is 14.1. The lowest BCUT2D eigenvalue weighted by atomic mass is 10.0. The first-order valence-corrected chi connectivity index (χ1v) is 8.03. The number of amides is 2. The molecule has 0 aromatic carbocycles. The molecule has 2 aliphatic heterocycles. The molecule has 0 bridgehead atoms. The number of piperazine rings is 1. The van der Waals surface area contributed by atoms with E-state index in [1.807, 2.05) is 23.6 Å². The summed E-state index contributed by atoms with van der Waals surface area (Å²) in [6.45, 7) is 9.00. The van der Waals surface area contributed by atoms with Crippen molar-refractivity contribution < 1.29 is 9.59 Å². The summed E-state index contributed by atoms with van der Waals surface area (Å²) >= 11 is 0. The lowest BCUT2D eigenvalue weighted by Crippen LogP contribution is -2.53. The van der Waals surface area contributed by atoms with Gasteiger partial charge in [0.2, 0.25) is 11.8 Å². The first-order valence-electron chi connectivity index (χ1n) is 8.03. The Morgan fingerprint density at radius 2 is 1.43 bits per heavy atom. The fourth-order valence-corrected chi connectivity index (χ4v) is 2.90. The second kappa shape index (κ2) is 10.3. The average Bonchev–Trinajstić information content (AvgIpc) is 3.00. The Balaban J connectivity index is 0.00000242. The maximum atomic E-state index is 12.2. The number of carbonyl (C=O) groups is 2. The number of likely N-dealkylation sites (tertiary alicyclic amines) is 1. The summed E-state index contributed by atoms with van der Waals surface area (Å²) < 4.78 is 0. The van der Waals surface area contributed by atoms with Crippen LogP contribution in [0.4, 0.5) is 0 Å². The molecule has 2 amide bonds. The summed E-state index contributed by atoms with van der Waals surface area (Å²) in [5.74, 6) is 0.231. The van der Waals surface area contributed by atoms with Crippen molar-refractivity contribution in [1.29, 1.82) is 0 Å². The molecule has 2 saturated heterocycles. The molecule has 2 fully saturated rings. The van der Waals surface area contributed by atoms with Crippen molar-refractivity contribution in [2.45, 2.75) is 32.7 Å². The van der Waals surface area contributed by atoms with Crippen LogP contribution in [0.1, 0.15) is 26.7 Å². The highest BCUT2D eigenvalue weighted by Gasteiger charge is 2.28. The highest BCUT2D eigenvalue weighted by molar-refractivity contribution is 5.85. The highest BCUT2D eigenvalue weighted by Crippen LogP contribution is 2.11. The number of hydrogen-bond donors (Lipinski definition) is 1. The lowest BCUT2D eigenvalue weighted by Gasteiger charge is -2.36. The van der Waals surface area contributed by atoms with Gasteiger partial charge in [0.05, 0.1) is 12.5 Å². The molecule has 2 aliphatic rings. The van der Waals surface area contributed by atoms with Gasteiger partial charge in [-0.25, -0.2) is 0 Å². The topological polar surface area (TPSA) is 69.9 Å². The van der Waals surface area contributed by atoms with Crippen LogP contribution in [0.5, 0.6) is 0 Å². The average molecular weight is 369 g/mol. The van der Waals surface area contributed by atoms with Gasteiger partial charge in [0.15, 0.2) is 0 Å². The van der Waals surface area contributed by atoms with Crippen molar-refractivity contribution in [2.24, 2.45) is 11.7 Å². The van der Waals surface area contributed by atoms with Crippen LogP contribution in [-0.4, -0.2) is 78.4 Å². The maximum absolute atomic E-state index is 12.2. The molecule has 2 N–H and O–H groups in total. The predicted molar refractivity (Wildman–Crippen MR) is 96.1 cm³/mol. The molecule has 2 heterocycles. The Labute approximate surface area is 151 Å². The zero-order valence-corrected chi connectivity index (χ0v) is 15.7. The molecule has 2 rings (SSSR count). The van der Waals surface area contributed by atoms with Crippen molar-refractivity contribution in [1.82, 2.24) is 14.7 Å². The summed E-state index contributed by atoms with van der Waals surface area (Å²) in [5.41, 5.74) is 5.80. The third-order valence-corrected chi connectivity index (χ3v) is 4.68. The van der Waals surface area contributed by atoms with Crippen molar-refractivity contribution >= 4 is 36.6 Å². The smallest absolute Gasteiger partial charge is 0.236 e. The van der Waals surface area contributed by atoms with Gasteiger partial charge in [-0.2, -0.15) is 0 Å². The molecule has 2 atom stereocenters. The van der Waals surface area contributed by atoms with Gasteiger partial charge in [-0.15, -0.1) is 24.8 Å². The molecule has 0 aromatic heterocycles. The van der Waals surface area contributed by atoms with Crippen molar-refractivity contribution in [3.05, 3.63) is 0 Å². The van der Waals surface area contributed by atoms with Gasteiger partial charge < -0.3 is 15.5 Å². The fourth-order valence-electron chi connectivity index (χ4n) is 2.90. The molecule has 23 heavy (non-hydrogen) atoms. The third-order valence-electron chi connectivity index (χ3n) is 4.68. The van der Waals surface area contributed by atoms with Crippen molar-refractivity contribution in [3.63, 3.8) is 0 Å². The number of nitrogens with zero attached hydrogens (tertiary/aromatic N) is 3. The van der Waals surface area contributed by atoms with Gasteiger partial charge in [-0.3, -0.25) is 14.5 Å². The van der Waals surface area contributed by atoms with Gasteiger partial charge in [-0.1, -0.05) is 6.92 Å². The van der Waals surface area contributed by atoms with Gasteiger partial charge in [0.25, 0.3) is 0 Å². The third kappa shape index (κ3) is 6.10. The summed E-state index contributed by atoms with van der Waals surface area (Å²) in [7, 11) is 0. The Hall–Kier alpha value is -0.560. The van der Waals surface area contributed by atoms with E-state index < -0.39 is 0 Å². The molecular weight excluding hydrogens is 339 g/mol. The first-order chi connectivity index (χ1) is 9.99. The molecule has 0 aromatic rings. The van der Waals surface area contributed by atoms with Gasteiger partial charge >= 0.3 is 0 Å². The van der Waals surface area contributed by atoms with E-state index in [0.717, 1.165) is 39.0 Å². The van der Waals surface area contributed by atoms with Crippen LogP contribution in [-0.2, 0) is 9.59 Å². The van der Waals surface area contributed by atoms with Crippen LogP contribution in [0.3, 0.4) is 0 Å². The highest BCUT2D eigenvalue weighted by atomic mass is 35.5. The van der Waals surface area contributed by atoms with E-state index in [1.54, 1.807) is 0 Å². The van der Waals surface area contributed by atoms with E-state index in [-0.39, 0.29) is 48.6 Å². The number of halogens is 2. The normalized spacial score (nSPS) is 21.2. The molecule has 0 spiro atoms. The minimum absolute atomic E-state index is 0. The monoisotopic (exact) mass is 368 g/mol. The van der Waals surface area contributed by atoms with Crippen molar-refractivity contribution in [2.75, 3.05) is 45.8 Å². The standard InChI is InChI=1S/C15H28N4O2.2ClH/c1-12(13(2)16)15(21)19-9-7-17(8-10-19)11-14(20)18-5-3-4-6-18;;/h12-13H,3-11,16H2,1-2H3;2*1H. The molecule has 0 saturated carbocycles. The van der Waals surface area contributed by atoms with E-state index in [4.69, 9.17) is 5.73 Å². The molecule has 2 unspecified atom stereocenters. The lowest BCUT2D eigenvalue weighted by molar-refractivity contribution is -0.138. The SMILES string of the molecule is CC(N)C(C)C(=O)N1CCN(CC(=O)N2CCCC2)CC1.Cl.Cl. The Kier molecular flexibility index (Phi) is 10.1. The molecule has 0 aliphatic carbocycles. The first kappa shape index (κ1) is 22.4. The minimum Gasteiger partial charge on any atom is -0.342 e. The van der Waals surface area contributed by atoms with Crippen molar-refractivity contribution in [3.8, 4) is 0 Å². The van der Waals surface area contributed by atoms with Crippen LogP contribution in [0, 0.1) is 5.92 Å². The fraction of sp³-hybridized carbons (Fsp3) is 0.867. The van der Waals surface area contributed by atoms with Crippen LogP contribution in [0.15, 0.2) is 0 Å². The van der Waals surface area contributed by atoms with Gasteiger partial charge in [0.1, 0.15) is 0 Å². The number of carbonyl (C=O) groups excluding carboxylic acids is 2. The number of nitrogens with two attached hydrogens (primary N) is 1. The van der Waals surface area contributed by atoms with Gasteiger partial charge in [-0.05, 0) is 19.8 Å². The van der Waals surface area contributed by atoms with E-state index in [9.17, 15) is 9.59 Å². The molecule has 8 heteroatoms. The molecule has 6 nitrogen and oxygen atoms in total. The summed E-state index contributed by atoms with van der Waals surface area (Å²) in [4.78, 5) is 30.3. The Bertz CT molecular complexity index is 382. The van der Waals surface area contributed by atoms with Crippen LogP contribution in [0.2, 0.25) is 0 Å². The molecule has 0 radical (unpaired) electrons. The van der Waals surface area contributed by atoms with E-state index >= 15 is 0 Å². The van der Waals surface area contributed by atoms with E-state index in [1.165, 1.54) is 0 Å². The van der Waals surface area contributed by atoms with Crippen LogP contribution < -0.4 is 5.73 Å². The number of hydrogen-bond acceptors (Lipinski definition) is 4.